The highest BCUT2D eigenvalue weighted by Crippen LogP contribution is 2.21. The Bertz CT molecular complexity index is 504. The van der Waals surface area contributed by atoms with Crippen LogP contribution in [0.4, 0.5) is 0 Å². The largest absolute Gasteiger partial charge is 0.462 e. The van der Waals surface area contributed by atoms with Gasteiger partial charge in [0.1, 0.15) is 6.10 Å². The van der Waals surface area contributed by atoms with E-state index in [2.05, 4.69) is 6.07 Å². The number of esters is 1. The molecule has 1 heterocycles. The van der Waals surface area contributed by atoms with Crippen LogP contribution < -0.4 is 0 Å². The lowest BCUT2D eigenvalue weighted by Gasteiger charge is -2.27. The SMILES string of the molecule is COC1CC(=O)OC(CCCCc2ccc(C#N)cc2)C1. The zero-order valence-corrected chi connectivity index (χ0v) is 12.4. The number of methoxy groups -OCH3 is 1. The number of hydrogen-bond donors (Lipinski definition) is 0. The molecule has 1 fully saturated rings. The van der Waals surface area contributed by atoms with E-state index in [-0.39, 0.29) is 18.2 Å². The number of benzene rings is 1. The first-order chi connectivity index (χ1) is 10.2. The van der Waals surface area contributed by atoms with Gasteiger partial charge in [0.15, 0.2) is 0 Å². The van der Waals surface area contributed by atoms with Gasteiger partial charge in [-0.1, -0.05) is 12.1 Å². The van der Waals surface area contributed by atoms with Crippen molar-refractivity contribution in [1.29, 1.82) is 5.26 Å². The highest BCUT2D eigenvalue weighted by atomic mass is 16.6. The molecule has 2 unspecified atom stereocenters. The maximum atomic E-state index is 11.4. The van der Waals surface area contributed by atoms with E-state index in [1.807, 2.05) is 24.3 Å². The van der Waals surface area contributed by atoms with Crippen LogP contribution in [0.25, 0.3) is 0 Å². The predicted molar refractivity (Wildman–Crippen MR) is 78.6 cm³/mol. The Labute approximate surface area is 125 Å². The van der Waals surface area contributed by atoms with E-state index in [1.165, 1.54) is 5.56 Å². The number of aryl methyl sites for hydroxylation is 1. The number of nitrogens with zero attached hydrogens (tertiary/aromatic N) is 1. The second-order valence-electron chi connectivity index (χ2n) is 5.46. The van der Waals surface area contributed by atoms with Crippen molar-refractivity contribution in [3.8, 4) is 6.07 Å². The Morgan fingerprint density at radius 1 is 1.33 bits per heavy atom. The maximum absolute atomic E-state index is 11.4. The Kier molecular flexibility index (Phi) is 5.77. The summed E-state index contributed by atoms with van der Waals surface area (Å²) in [7, 11) is 1.64. The minimum Gasteiger partial charge on any atom is -0.462 e. The van der Waals surface area contributed by atoms with Gasteiger partial charge in [-0.2, -0.15) is 5.26 Å². The first-order valence-electron chi connectivity index (χ1n) is 7.42. The Morgan fingerprint density at radius 3 is 2.76 bits per heavy atom. The minimum absolute atomic E-state index is 0.00263. The molecule has 1 saturated heterocycles. The molecule has 21 heavy (non-hydrogen) atoms. The first kappa shape index (κ1) is 15.5. The normalized spacial score (nSPS) is 21.6. The van der Waals surface area contributed by atoms with Gasteiger partial charge in [-0.05, 0) is 43.4 Å². The van der Waals surface area contributed by atoms with Crippen LogP contribution in [0.15, 0.2) is 24.3 Å². The summed E-state index contributed by atoms with van der Waals surface area (Å²) >= 11 is 0. The summed E-state index contributed by atoms with van der Waals surface area (Å²) in [5.74, 6) is -0.148. The molecule has 0 amide bonds. The van der Waals surface area contributed by atoms with E-state index in [0.29, 0.717) is 12.0 Å². The van der Waals surface area contributed by atoms with Crippen LogP contribution in [0.3, 0.4) is 0 Å². The molecule has 1 aromatic rings. The number of rotatable bonds is 6. The van der Waals surface area contributed by atoms with Crippen molar-refractivity contribution in [3.63, 3.8) is 0 Å². The fourth-order valence-corrected chi connectivity index (χ4v) is 2.65. The lowest BCUT2D eigenvalue weighted by Crippen LogP contribution is -2.33. The molecular formula is C17H21NO3. The zero-order chi connectivity index (χ0) is 15.1. The van der Waals surface area contributed by atoms with Crippen molar-refractivity contribution >= 4 is 5.97 Å². The Balaban J connectivity index is 1.69. The van der Waals surface area contributed by atoms with Crippen LogP contribution in [0.1, 0.15) is 43.2 Å². The smallest absolute Gasteiger partial charge is 0.308 e. The third kappa shape index (κ3) is 4.87. The Hall–Kier alpha value is -1.86. The molecule has 1 aliphatic rings. The van der Waals surface area contributed by atoms with Gasteiger partial charge in [0.2, 0.25) is 0 Å². The van der Waals surface area contributed by atoms with Gasteiger partial charge in [-0.25, -0.2) is 0 Å². The van der Waals surface area contributed by atoms with Gasteiger partial charge in [0.25, 0.3) is 0 Å². The average molecular weight is 287 g/mol. The molecule has 1 aliphatic heterocycles. The summed E-state index contributed by atoms with van der Waals surface area (Å²) in [5, 5.41) is 8.75. The molecule has 4 heteroatoms. The number of carbonyl (C=O) groups is 1. The summed E-state index contributed by atoms with van der Waals surface area (Å²) in [4.78, 5) is 11.4. The van der Waals surface area contributed by atoms with Crippen molar-refractivity contribution in [3.05, 3.63) is 35.4 Å². The lowest BCUT2D eigenvalue weighted by atomic mass is 9.99. The van der Waals surface area contributed by atoms with Crippen molar-refractivity contribution in [2.45, 2.75) is 50.7 Å². The number of cyclic esters (lactones) is 1. The maximum Gasteiger partial charge on any atom is 0.308 e. The fraction of sp³-hybridized carbons (Fsp3) is 0.529. The average Bonchev–Trinajstić information content (AvgIpc) is 2.51. The van der Waals surface area contributed by atoms with Crippen LogP contribution in [0.2, 0.25) is 0 Å². The number of ether oxygens (including phenoxy) is 2. The molecule has 1 aromatic carbocycles. The van der Waals surface area contributed by atoms with Gasteiger partial charge in [-0.15, -0.1) is 0 Å². The molecule has 0 radical (unpaired) electrons. The van der Waals surface area contributed by atoms with Crippen molar-refractivity contribution < 1.29 is 14.3 Å². The van der Waals surface area contributed by atoms with E-state index in [9.17, 15) is 4.79 Å². The van der Waals surface area contributed by atoms with Crippen LogP contribution in [0.5, 0.6) is 0 Å². The highest BCUT2D eigenvalue weighted by molar-refractivity contribution is 5.71. The van der Waals surface area contributed by atoms with Gasteiger partial charge >= 0.3 is 5.97 Å². The standard InChI is InChI=1S/C17H21NO3/c1-20-16-10-15(21-17(19)11-16)5-3-2-4-13-6-8-14(12-18)9-7-13/h6-9,15-16H,2-5,10-11H2,1H3. The van der Waals surface area contributed by atoms with Gasteiger partial charge in [0.05, 0.1) is 24.2 Å². The van der Waals surface area contributed by atoms with Crippen LogP contribution in [-0.2, 0) is 20.7 Å². The van der Waals surface area contributed by atoms with Crippen molar-refractivity contribution in [1.82, 2.24) is 0 Å². The number of hydrogen-bond acceptors (Lipinski definition) is 4. The molecule has 0 saturated carbocycles. The lowest BCUT2D eigenvalue weighted by molar-refractivity contribution is -0.161. The summed E-state index contributed by atoms with van der Waals surface area (Å²) in [6.45, 7) is 0. The highest BCUT2D eigenvalue weighted by Gasteiger charge is 2.27. The molecule has 2 rings (SSSR count). The summed E-state index contributed by atoms with van der Waals surface area (Å²) < 4.78 is 10.6. The topological polar surface area (TPSA) is 59.3 Å². The number of nitriles is 1. The summed E-state index contributed by atoms with van der Waals surface area (Å²) in [5.41, 5.74) is 1.93. The van der Waals surface area contributed by atoms with Crippen molar-refractivity contribution in [2.24, 2.45) is 0 Å². The minimum atomic E-state index is -0.148. The van der Waals surface area contributed by atoms with Gasteiger partial charge in [0, 0.05) is 13.5 Å². The molecule has 0 bridgehead atoms. The second kappa shape index (κ2) is 7.80. The van der Waals surface area contributed by atoms with Crippen LogP contribution >= 0.6 is 0 Å². The summed E-state index contributed by atoms with van der Waals surface area (Å²) in [6.07, 6.45) is 5.14. The van der Waals surface area contributed by atoms with E-state index < -0.39 is 0 Å². The van der Waals surface area contributed by atoms with E-state index in [4.69, 9.17) is 14.7 Å². The fourth-order valence-electron chi connectivity index (χ4n) is 2.65. The second-order valence-corrected chi connectivity index (χ2v) is 5.46. The molecular weight excluding hydrogens is 266 g/mol. The van der Waals surface area contributed by atoms with Crippen molar-refractivity contribution in [2.75, 3.05) is 7.11 Å². The Morgan fingerprint density at radius 2 is 2.10 bits per heavy atom. The van der Waals surface area contributed by atoms with Crippen LogP contribution in [0, 0.1) is 11.3 Å². The molecule has 4 nitrogen and oxygen atoms in total. The first-order valence-corrected chi connectivity index (χ1v) is 7.42. The third-order valence-corrected chi connectivity index (χ3v) is 3.88. The van der Waals surface area contributed by atoms with Crippen LogP contribution in [-0.4, -0.2) is 25.3 Å². The van der Waals surface area contributed by atoms with Gasteiger partial charge < -0.3 is 9.47 Å². The van der Waals surface area contributed by atoms with E-state index in [0.717, 1.165) is 32.1 Å². The molecule has 0 aliphatic carbocycles. The molecule has 0 N–H and O–H groups in total. The predicted octanol–water partition coefficient (Wildman–Crippen LogP) is 2.99. The van der Waals surface area contributed by atoms with Gasteiger partial charge in [-0.3, -0.25) is 4.79 Å². The van der Waals surface area contributed by atoms with E-state index >= 15 is 0 Å². The number of carbonyl (C=O) groups excluding carboxylic acids is 1. The summed E-state index contributed by atoms with van der Waals surface area (Å²) in [6, 6.07) is 9.82. The molecule has 0 aromatic heterocycles. The molecule has 2 atom stereocenters. The molecule has 0 spiro atoms. The quantitative estimate of drug-likeness (QED) is 0.596. The zero-order valence-electron chi connectivity index (χ0n) is 12.4. The molecule has 112 valence electrons. The third-order valence-electron chi connectivity index (χ3n) is 3.88. The number of unbranched alkanes of at least 4 members (excludes halogenated alkanes) is 1. The monoisotopic (exact) mass is 287 g/mol. The van der Waals surface area contributed by atoms with E-state index in [1.54, 1.807) is 7.11 Å².